The molecule has 0 saturated carbocycles. The van der Waals surface area contributed by atoms with Crippen molar-refractivity contribution in [3.05, 3.63) is 40.8 Å². The monoisotopic (exact) mass is 164 g/mol. The lowest BCUT2D eigenvalue weighted by atomic mass is 10.3. The predicted octanol–water partition coefficient (Wildman–Crippen LogP) is 2.63. The van der Waals surface area contributed by atoms with Crippen molar-refractivity contribution in [3.8, 4) is 0 Å². The maximum Gasteiger partial charge on any atom is 0.0360 e. The molecule has 4 heteroatoms. The average Bonchev–Trinajstić information content (AvgIpc) is 2.07. The smallest absolute Gasteiger partial charge is 0.0360 e. The fourth-order valence-electron chi connectivity index (χ4n) is 0.726. The second kappa shape index (κ2) is 6.07. The van der Waals surface area contributed by atoms with E-state index >= 15 is 0 Å². The summed E-state index contributed by atoms with van der Waals surface area (Å²) in [5.74, 6) is 0. The lowest BCUT2D eigenvalue weighted by molar-refractivity contribution is 1.13. The second-order valence-electron chi connectivity index (χ2n) is 2.33. The molecule has 0 aliphatic heterocycles. The molecular formula is C8H12N4. The molecule has 0 bridgehead atoms. The number of para-hydroxylation sites is 1. The van der Waals surface area contributed by atoms with Crippen LogP contribution in [0.25, 0.3) is 10.4 Å². The number of hydrogen-bond acceptors (Lipinski definition) is 2. The number of rotatable bonds is 1. The molecule has 1 rings (SSSR count). The highest BCUT2D eigenvalue weighted by Gasteiger charge is 1.87. The lowest BCUT2D eigenvalue weighted by Gasteiger charge is -2.10. The molecule has 0 saturated heterocycles. The van der Waals surface area contributed by atoms with E-state index in [1.165, 1.54) is 5.69 Å². The van der Waals surface area contributed by atoms with Gasteiger partial charge in [0.2, 0.25) is 0 Å². The van der Waals surface area contributed by atoms with Gasteiger partial charge in [-0.3, -0.25) is 0 Å². The van der Waals surface area contributed by atoms with Gasteiger partial charge >= 0.3 is 0 Å². The molecule has 0 amide bonds. The molecule has 0 aliphatic rings. The van der Waals surface area contributed by atoms with E-state index in [9.17, 15) is 0 Å². The van der Waals surface area contributed by atoms with Gasteiger partial charge in [0, 0.05) is 19.8 Å². The quantitative estimate of drug-likeness (QED) is 0.387. The van der Waals surface area contributed by atoms with Crippen LogP contribution in [0.5, 0.6) is 0 Å². The molecule has 1 N–H and O–H groups in total. The van der Waals surface area contributed by atoms with Crippen molar-refractivity contribution in [3.63, 3.8) is 0 Å². The highest BCUT2D eigenvalue weighted by molar-refractivity contribution is 5.43. The highest BCUT2D eigenvalue weighted by atomic mass is 15.1. The second-order valence-corrected chi connectivity index (χ2v) is 2.33. The van der Waals surface area contributed by atoms with Crippen LogP contribution >= 0.6 is 0 Å². The van der Waals surface area contributed by atoms with Crippen LogP contribution in [0.1, 0.15) is 0 Å². The first-order valence-electron chi connectivity index (χ1n) is 3.45. The van der Waals surface area contributed by atoms with E-state index in [-0.39, 0.29) is 0 Å². The molecular weight excluding hydrogens is 152 g/mol. The van der Waals surface area contributed by atoms with Crippen molar-refractivity contribution in [2.75, 3.05) is 19.0 Å². The fourth-order valence-corrected chi connectivity index (χ4v) is 0.726. The van der Waals surface area contributed by atoms with Crippen LogP contribution in [0.15, 0.2) is 30.3 Å². The minimum atomic E-state index is 1.25. The van der Waals surface area contributed by atoms with E-state index in [0.717, 1.165) is 0 Å². The third kappa shape index (κ3) is 4.19. The van der Waals surface area contributed by atoms with Crippen molar-refractivity contribution < 1.29 is 0 Å². The predicted molar refractivity (Wildman–Crippen MR) is 50.2 cm³/mol. The van der Waals surface area contributed by atoms with E-state index in [0.29, 0.717) is 0 Å². The zero-order valence-corrected chi connectivity index (χ0v) is 7.23. The Morgan fingerprint density at radius 2 is 1.67 bits per heavy atom. The van der Waals surface area contributed by atoms with Gasteiger partial charge in [-0.15, -0.1) is 5.53 Å². The Bertz CT molecular complexity index is 236. The Morgan fingerprint density at radius 1 is 1.25 bits per heavy atom. The molecule has 64 valence electrons. The van der Waals surface area contributed by atoms with Crippen LogP contribution < -0.4 is 4.90 Å². The van der Waals surface area contributed by atoms with Crippen LogP contribution in [0.4, 0.5) is 5.69 Å². The van der Waals surface area contributed by atoms with Crippen molar-refractivity contribution in [2.45, 2.75) is 0 Å². The Balaban J connectivity index is 0.000000354. The molecule has 0 atom stereocenters. The normalized spacial score (nSPS) is 7.50. The zero-order chi connectivity index (χ0) is 9.40. The number of benzene rings is 1. The molecule has 1 aromatic carbocycles. The van der Waals surface area contributed by atoms with Crippen molar-refractivity contribution >= 4 is 5.69 Å². The van der Waals surface area contributed by atoms with Crippen molar-refractivity contribution in [1.82, 2.24) is 0 Å². The Labute approximate surface area is 71.9 Å². The molecule has 12 heavy (non-hydrogen) atoms. The molecule has 0 spiro atoms. The molecule has 1 aromatic rings. The number of nitrogens with zero attached hydrogens (tertiary/aromatic N) is 3. The van der Waals surface area contributed by atoms with E-state index in [4.69, 9.17) is 11.1 Å². The summed E-state index contributed by atoms with van der Waals surface area (Å²) in [4.78, 5) is 3.83. The third-order valence-corrected chi connectivity index (χ3v) is 1.27. The van der Waals surface area contributed by atoms with Crippen molar-refractivity contribution in [1.29, 1.82) is 5.53 Å². The molecule has 0 aliphatic carbocycles. The van der Waals surface area contributed by atoms with Gasteiger partial charge in [0.15, 0.2) is 0 Å². The number of anilines is 1. The van der Waals surface area contributed by atoms with Crippen LogP contribution in [-0.2, 0) is 0 Å². The van der Waals surface area contributed by atoms with Gasteiger partial charge in [0.1, 0.15) is 0 Å². The molecule has 0 aromatic heterocycles. The van der Waals surface area contributed by atoms with Gasteiger partial charge < -0.3 is 4.90 Å². The molecule has 0 fully saturated rings. The van der Waals surface area contributed by atoms with Gasteiger partial charge in [0.25, 0.3) is 0 Å². The molecule has 4 nitrogen and oxygen atoms in total. The van der Waals surface area contributed by atoms with E-state index < -0.39 is 0 Å². The SMILES string of the molecule is CN(C)c1ccccc1.[N-]=[N+]=N. The number of hydrogen-bond donors (Lipinski definition) is 1. The maximum absolute atomic E-state index is 6.86. The fraction of sp³-hybridized carbons (Fsp3) is 0.250. The largest absolute Gasteiger partial charge is 0.378 e. The summed E-state index contributed by atoms with van der Waals surface area (Å²) in [6, 6.07) is 10.3. The first kappa shape index (κ1) is 10.3. The van der Waals surface area contributed by atoms with Crippen LogP contribution in [0, 0.1) is 5.53 Å². The summed E-state index contributed by atoms with van der Waals surface area (Å²) in [5.41, 5.74) is 13.5. The summed E-state index contributed by atoms with van der Waals surface area (Å²) in [6.45, 7) is 0. The number of nitrogens with one attached hydrogen (secondary N) is 1. The topological polar surface area (TPSA) is 63.5 Å². The van der Waals surface area contributed by atoms with Gasteiger partial charge in [-0.1, -0.05) is 18.2 Å². The van der Waals surface area contributed by atoms with E-state index in [2.05, 4.69) is 17.0 Å². The zero-order valence-electron chi connectivity index (χ0n) is 7.23. The Kier molecular flexibility index (Phi) is 5.22. The highest BCUT2D eigenvalue weighted by Crippen LogP contribution is 2.07. The molecule has 0 unspecified atom stereocenters. The van der Waals surface area contributed by atoms with Gasteiger partial charge in [0.05, 0.1) is 0 Å². The first-order chi connectivity index (χ1) is 5.72. The summed E-state index contributed by atoms with van der Waals surface area (Å²) in [5, 5.41) is 0. The summed E-state index contributed by atoms with van der Waals surface area (Å²) in [7, 11) is 4.07. The van der Waals surface area contributed by atoms with E-state index in [1.54, 1.807) is 4.91 Å². The Morgan fingerprint density at radius 3 is 1.92 bits per heavy atom. The van der Waals surface area contributed by atoms with Crippen LogP contribution in [0.3, 0.4) is 0 Å². The molecule has 0 heterocycles. The van der Waals surface area contributed by atoms with Crippen LogP contribution in [-0.4, -0.2) is 14.1 Å². The maximum atomic E-state index is 6.86. The average molecular weight is 164 g/mol. The van der Waals surface area contributed by atoms with Crippen molar-refractivity contribution in [2.24, 2.45) is 0 Å². The third-order valence-electron chi connectivity index (χ3n) is 1.27. The summed E-state index contributed by atoms with van der Waals surface area (Å²) < 4.78 is 0. The summed E-state index contributed by atoms with van der Waals surface area (Å²) >= 11 is 0. The van der Waals surface area contributed by atoms with E-state index in [1.807, 2.05) is 32.3 Å². The minimum Gasteiger partial charge on any atom is -0.378 e. The van der Waals surface area contributed by atoms with Gasteiger partial charge in [-0.05, 0) is 22.6 Å². The first-order valence-corrected chi connectivity index (χ1v) is 3.45. The Hall–Kier alpha value is -1.67. The lowest BCUT2D eigenvalue weighted by Crippen LogP contribution is -2.07. The van der Waals surface area contributed by atoms with Gasteiger partial charge in [-0.25, -0.2) is 0 Å². The molecule has 0 radical (unpaired) electrons. The van der Waals surface area contributed by atoms with Gasteiger partial charge in [-0.2, -0.15) is 0 Å². The van der Waals surface area contributed by atoms with Crippen LogP contribution in [0.2, 0.25) is 0 Å². The summed E-state index contributed by atoms with van der Waals surface area (Å²) in [6.07, 6.45) is 0. The minimum absolute atomic E-state index is 1.25. The standard InChI is InChI=1S/C8H11N.HN3/c1-9(2)8-6-4-3-5-7-8;1-3-2/h3-7H,1-2H3;1H.